The molecule has 30 heavy (non-hydrogen) atoms. The van der Waals surface area contributed by atoms with E-state index in [1.807, 2.05) is 0 Å². The molecule has 1 aromatic carbocycles. The number of rotatable bonds is 5. The fraction of sp³-hybridized carbons (Fsp3) is 0.464. The lowest BCUT2D eigenvalue weighted by molar-refractivity contribution is 0.423. The maximum atomic E-state index is 5.16. The summed E-state index contributed by atoms with van der Waals surface area (Å²) in [5.74, 6) is 2.21. The maximum Gasteiger partial charge on any atom is 0.124 e. The molecular weight excluding hydrogens is 382 g/mol. The van der Waals surface area contributed by atoms with Gasteiger partial charge >= 0.3 is 0 Å². The normalized spacial score (nSPS) is 24.5. The predicted molar refractivity (Wildman–Crippen MR) is 130 cm³/mol. The van der Waals surface area contributed by atoms with E-state index in [9.17, 15) is 0 Å². The molecule has 0 saturated heterocycles. The van der Waals surface area contributed by atoms with Gasteiger partial charge in [0.1, 0.15) is 5.01 Å². The maximum absolute atomic E-state index is 5.16. The first-order valence-electron chi connectivity index (χ1n) is 11.8. The van der Waals surface area contributed by atoms with Gasteiger partial charge in [-0.3, -0.25) is 0 Å². The van der Waals surface area contributed by atoms with Crippen molar-refractivity contribution in [3.05, 3.63) is 70.3 Å². The molecule has 2 heteroatoms. The van der Waals surface area contributed by atoms with E-state index in [4.69, 9.17) is 4.98 Å². The van der Waals surface area contributed by atoms with E-state index in [-0.39, 0.29) is 0 Å². The Bertz CT molecular complexity index is 1010. The van der Waals surface area contributed by atoms with Crippen LogP contribution in [0.3, 0.4) is 0 Å². The third kappa shape index (κ3) is 3.64. The van der Waals surface area contributed by atoms with Gasteiger partial charge in [0, 0.05) is 16.9 Å². The topological polar surface area (TPSA) is 12.9 Å². The Balaban J connectivity index is 1.50. The van der Waals surface area contributed by atoms with Crippen LogP contribution in [0.4, 0.5) is 0 Å². The van der Waals surface area contributed by atoms with Gasteiger partial charge in [-0.1, -0.05) is 75.4 Å². The standard InChI is InChI=1S/C28H33NS/c1-4-20-13-19(3)23-16-26(25(24(23)14-20)15-21-10-6-7-11-21)27-17-30-28(29-27)22-12-8-5-9-18(22)2/h5,8-9,12,16-17,20-21,25H,3-4,6-7,10-11,13-15H2,1-2H3. The van der Waals surface area contributed by atoms with Crippen molar-refractivity contribution in [1.29, 1.82) is 0 Å². The summed E-state index contributed by atoms with van der Waals surface area (Å²) in [7, 11) is 0. The minimum absolute atomic E-state index is 0.557. The van der Waals surface area contributed by atoms with Crippen molar-refractivity contribution in [3.8, 4) is 10.6 Å². The van der Waals surface area contributed by atoms with Crippen molar-refractivity contribution in [3.63, 3.8) is 0 Å². The van der Waals surface area contributed by atoms with E-state index in [1.54, 1.807) is 16.9 Å². The summed E-state index contributed by atoms with van der Waals surface area (Å²) >= 11 is 1.79. The van der Waals surface area contributed by atoms with Crippen molar-refractivity contribution in [2.24, 2.45) is 17.8 Å². The monoisotopic (exact) mass is 415 g/mol. The predicted octanol–water partition coefficient (Wildman–Crippen LogP) is 8.38. The minimum Gasteiger partial charge on any atom is -0.236 e. The van der Waals surface area contributed by atoms with E-state index in [0.717, 1.165) is 16.8 Å². The van der Waals surface area contributed by atoms with Crippen LogP contribution in [0.2, 0.25) is 0 Å². The van der Waals surface area contributed by atoms with Crippen molar-refractivity contribution in [2.75, 3.05) is 0 Å². The van der Waals surface area contributed by atoms with Crippen molar-refractivity contribution in [2.45, 2.75) is 65.2 Å². The van der Waals surface area contributed by atoms with Gasteiger partial charge in [0.05, 0.1) is 5.69 Å². The van der Waals surface area contributed by atoms with Gasteiger partial charge < -0.3 is 0 Å². The van der Waals surface area contributed by atoms with Gasteiger partial charge in [-0.05, 0) is 66.4 Å². The molecule has 1 fully saturated rings. The number of benzene rings is 1. The van der Waals surface area contributed by atoms with E-state index in [2.05, 4.69) is 56.1 Å². The Kier molecular flexibility index (Phi) is 5.54. The van der Waals surface area contributed by atoms with Gasteiger partial charge in [-0.2, -0.15) is 0 Å². The molecule has 0 spiro atoms. The summed E-state index contributed by atoms with van der Waals surface area (Å²) in [4.78, 5) is 5.16. The quantitative estimate of drug-likeness (QED) is 0.478. The lowest BCUT2D eigenvalue weighted by Gasteiger charge is -2.29. The first-order valence-corrected chi connectivity index (χ1v) is 12.7. The molecule has 1 aromatic heterocycles. The number of aryl methyl sites for hydroxylation is 1. The molecule has 0 N–H and O–H groups in total. The van der Waals surface area contributed by atoms with Gasteiger partial charge in [0.2, 0.25) is 0 Å². The van der Waals surface area contributed by atoms with Crippen molar-refractivity contribution in [1.82, 2.24) is 4.98 Å². The van der Waals surface area contributed by atoms with E-state index >= 15 is 0 Å². The third-order valence-electron chi connectivity index (χ3n) is 7.66. The van der Waals surface area contributed by atoms with Crippen LogP contribution in [0.25, 0.3) is 16.1 Å². The average molecular weight is 416 g/mol. The lowest BCUT2D eigenvalue weighted by atomic mass is 9.75. The second kappa shape index (κ2) is 8.30. The highest BCUT2D eigenvalue weighted by Crippen LogP contribution is 2.51. The smallest absolute Gasteiger partial charge is 0.124 e. The van der Waals surface area contributed by atoms with Gasteiger partial charge in [0.25, 0.3) is 0 Å². The molecule has 1 saturated carbocycles. The first-order chi connectivity index (χ1) is 14.6. The highest BCUT2D eigenvalue weighted by molar-refractivity contribution is 7.13. The SMILES string of the molecule is C=C1CC(CC)CC2=C1C=C(c1csc(-c3ccccc3C)n1)C2CC1CCCC1. The molecule has 2 aromatic rings. The van der Waals surface area contributed by atoms with Gasteiger partial charge in [0.15, 0.2) is 0 Å². The summed E-state index contributed by atoms with van der Waals surface area (Å²) in [5, 5.41) is 3.45. The molecule has 5 rings (SSSR count). The molecule has 3 aliphatic carbocycles. The molecule has 0 aliphatic heterocycles. The first kappa shape index (κ1) is 20.0. The second-order valence-electron chi connectivity index (χ2n) is 9.62. The van der Waals surface area contributed by atoms with Crippen LogP contribution in [0.1, 0.15) is 69.5 Å². The Morgan fingerprint density at radius 3 is 2.67 bits per heavy atom. The fourth-order valence-corrected chi connectivity index (χ4v) is 6.80. The fourth-order valence-electron chi connectivity index (χ4n) is 5.88. The van der Waals surface area contributed by atoms with Crippen molar-refractivity contribution < 1.29 is 0 Å². The Morgan fingerprint density at radius 1 is 1.10 bits per heavy atom. The van der Waals surface area contributed by atoms with Crippen LogP contribution in [0.15, 0.2) is 59.0 Å². The molecule has 0 bridgehead atoms. The van der Waals surface area contributed by atoms with Crippen molar-refractivity contribution >= 4 is 16.9 Å². The zero-order valence-electron chi connectivity index (χ0n) is 18.4. The highest BCUT2D eigenvalue weighted by Gasteiger charge is 2.36. The number of thiazole rings is 1. The number of aromatic nitrogens is 1. The lowest BCUT2D eigenvalue weighted by Crippen LogP contribution is -2.16. The number of hydrogen-bond donors (Lipinski definition) is 0. The van der Waals surface area contributed by atoms with Crippen LogP contribution in [0.5, 0.6) is 0 Å². The van der Waals surface area contributed by atoms with Crippen LogP contribution in [-0.2, 0) is 0 Å². The second-order valence-corrected chi connectivity index (χ2v) is 10.5. The van der Waals surface area contributed by atoms with Crippen LogP contribution in [-0.4, -0.2) is 4.98 Å². The zero-order valence-corrected chi connectivity index (χ0v) is 19.2. The average Bonchev–Trinajstić information content (AvgIpc) is 3.49. The summed E-state index contributed by atoms with van der Waals surface area (Å²) in [6, 6.07) is 8.62. The van der Waals surface area contributed by atoms with E-state index in [0.29, 0.717) is 5.92 Å². The molecule has 0 amide bonds. The van der Waals surface area contributed by atoms with Gasteiger partial charge in [-0.25, -0.2) is 4.98 Å². The molecular formula is C28H33NS. The highest BCUT2D eigenvalue weighted by atomic mass is 32.1. The Morgan fingerprint density at radius 2 is 1.90 bits per heavy atom. The summed E-state index contributed by atoms with van der Waals surface area (Å²) < 4.78 is 0. The third-order valence-corrected chi connectivity index (χ3v) is 8.54. The number of nitrogens with zero attached hydrogens (tertiary/aromatic N) is 1. The molecule has 2 atom stereocenters. The molecule has 1 heterocycles. The zero-order chi connectivity index (χ0) is 20.7. The number of allylic oxidation sites excluding steroid dienone is 5. The summed E-state index contributed by atoms with van der Waals surface area (Å²) in [5.41, 5.74) is 9.78. The van der Waals surface area contributed by atoms with E-state index in [1.165, 1.54) is 84.9 Å². The van der Waals surface area contributed by atoms with Crippen LogP contribution < -0.4 is 0 Å². The van der Waals surface area contributed by atoms with Crippen LogP contribution >= 0.6 is 11.3 Å². The summed E-state index contributed by atoms with van der Waals surface area (Å²) in [6.07, 6.45) is 13.1. The molecule has 3 aliphatic rings. The Hall–Kier alpha value is -1.93. The molecule has 0 radical (unpaired) electrons. The molecule has 1 nitrogen and oxygen atoms in total. The minimum atomic E-state index is 0.557. The molecule has 2 unspecified atom stereocenters. The molecule has 156 valence electrons. The van der Waals surface area contributed by atoms with Crippen LogP contribution in [0, 0.1) is 24.7 Å². The number of hydrogen-bond acceptors (Lipinski definition) is 2. The summed E-state index contributed by atoms with van der Waals surface area (Å²) in [6.45, 7) is 9.02. The largest absolute Gasteiger partial charge is 0.236 e. The van der Waals surface area contributed by atoms with E-state index < -0.39 is 0 Å². The van der Waals surface area contributed by atoms with Gasteiger partial charge in [-0.15, -0.1) is 11.3 Å². The Labute approximate surface area is 185 Å².